The summed E-state index contributed by atoms with van der Waals surface area (Å²) in [6.07, 6.45) is 1.61. The van der Waals surface area contributed by atoms with E-state index in [0.29, 0.717) is 5.69 Å². The number of aromatic nitrogens is 2. The van der Waals surface area contributed by atoms with E-state index in [1.54, 1.807) is 24.0 Å². The molecule has 94 valence electrons. The lowest BCUT2D eigenvalue weighted by Crippen LogP contribution is -2.15. The second-order valence-corrected chi connectivity index (χ2v) is 4.36. The van der Waals surface area contributed by atoms with E-state index in [1.807, 2.05) is 42.5 Å². The van der Waals surface area contributed by atoms with E-state index >= 15 is 0 Å². The van der Waals surface area contributed by atoms with E-state index in [4.69, 9.17) is 0 Å². The highest BCUT2D eigenvalue weighted by Gasteiger charge is 2.09. The van der Waals surface area contributed by atoms with Gasteiger partial charge < -0.3 is 5.32 Å². The number of benzene rings is 2. The maximum atomic E-state index is 12.1. The van der Waals surface area contributed by atoms with E-state index in [-0.39, 0.29) is 5.91 Å². The predicted octanol–water partition coefficient (Wildman–Crippen LogP) is 2.83. The number of nitrogens with one attached hydrogen (secondary N) is 1. The van der Waals surface area contributed by atoms with Gasteiger partial charge >= 0.3 is 0 Å². The fourth-order valence-electron chi connectivity index (χ4n) is 2.06. The van der Waals surface area contributed by atoms with Gasteiger partial charge in [-0.25, -0.2) is 0 Å². The van der Waals surface area contributed by atoms with E-state index in [1.165, 1.54) is 0 Å². The molecule has 1 aromatic heterocycles. The maximum absolute atomic E-state index is 12.1. The third kappa shape index (κ3) is 2.20. The van der Waals surface area contributed by atoms with Crippen LogP contribution >= 0.6 is 0 Å². The summed E-state index contributed by atoms with van der Waals surface area (Å²) in [4.78, 5) is 12.1. The van der Waals surface area contributed by atoms with Crippen LogP contribution in [0.25, 0.3) is 10.8 Å². The minimum atomic E-state index is -0.157. The van der Waals surface area contributed by atoms with Gasteiger partial charge in [0, 0.05) is 18.9 Å². The molecule has 3 aromatic rings. The molecule has 0 aliphatic carbocycles. The molecular formula is C15H13N3O. The molecule has 1 amide bonds. The van der Waals surface area contributed by atoms with Crippen LogP contribution < -0.4 is 5.32 Å². The minimum Gasteiger partial charge on any atom is -0.321 e. The third-order valence-electron chi connectivity index (χ3n) is 3.06. The lowest BCUT2D eigenvalue weighted by atomic mass is 10.1. The number of amides is 1. The minimum absolute atomic E-state index is 0.157. The molecule has 1 N–H and O–H groups in total. The van der Waals surface area contributed by atoms with Crippen LogP contribution in [0.15, 0.2) is 54.7 Å². The SMILES string of the molecule is Cn1nccc1C(=O)Nc1ccc2ccccc2c1. The van der Waals surface area contributed by atoms with Crippen molar-refractivity contribution in [3.05, 3.63) is 60.4 Å². The number of fused-ring (bicyclic) bond motifs is 1. The van der Waals surface area contributed by atoms with Gasteiger partial charge in [-0.15, -0.1) is 0 Å². The summed E-state index contributed by atoms with van der Waals surface area (Å²) in [7, 11) is 1.75. The van der Waals surface area contributed by atoms with Gasteiger partial charge in [-0.2, -0.15) is 5.10 Å². The molecule has 0 saturated heterocycles. The molecule has 0 spiro atoms. The Balaban J connectivity index is 1.89. The van der Waals surface area contributed by atoms with Crippen molar-refractivity contribution < 1.29 is 4.79 Å². The van der Waals surface area contributed by atoms with Crippen molar-refractivity contribution >= 4 is 22.4 Å². The van der Waals surface area contributed by atoms with E-state index in [2.05, 4.69) is 10.4 Å². The predicted molar refractivity (Wildman–Crippen MR) is 75.1 cm³/mol. The first kappa shape index (κ1) is 11.5. The van der Waals surface area contributed by atoms with Crippen molar-refractivity contribution in [3.8, 4) is 0 Å². The zero-order chi connectivity index (χ0) is 13.2. The van der Waals surface area contributed by atoms with Crippen molar-refractivity contribution in [2.24, 2.45) is 7.05 Å². The molecule has 1 heterocycles. The van der Waals surface area contributed by atoms with Crippen molar-refractivity contribution in [2.75, 3.05) is 5.32 Å². The summed E-state index contributed by atoms with van der Waals surface area (Å²) in [6.45, 7) is 0. The quantitative estimate of drug-likeness (QED) is 0.761. The number of hydrogen-bond donors (Lipinski definition) is 1. The van der Waals surface area contributed by atoms with Crippen molar-refractivity contribution in [3.63, 3.8) is 0 Å². The number of rotatable bonds is 2. The lowest BCUT2D eigenvalue weighted by Gasteiger charge is -2.06. The van der Waals surface area contributed by atoms with Crippen LogP contribution in [-0.4, -0.2) is 15.7 Å². The zero-order valence-corrected chi connectivity index (χ0v) is 10.5. The van der Waals surface area contributed by atoms with Gasteiger partial charge in [0.2, 0.25) is 0 Å². The van der Waals surface area contributed by atoms with Gasteiger partial charge in [0.05, 0.1) is 0 Å². The molecule has 0 radical (unpaired) electrons. The van der Waals surface area contributed by atoms with Crippen molar-refractivity contribution in [1.29, 1.82) is 0 Å². The first-order valence-electron chi connectivity index (χ1n) is 6.02. The van der Waals surface area contributed by atoms with Gasteiger partial charge in [0.15, 0.2) is 0 Å². The Morgan fingerprint density at radius 1 is 1.11 bits per heavy atom. The molecule has 4 heteroatoms. The number of aryl methyl sites for hydroxylation is 1. The number of nitrogens with zero attached hydrogens (tertiary/aromatic N) is 2. The Labute approximate surface area is 110 Å². The van der Waals surface area contributed by atoms with Crippen LogP contribution in [0.1, 0.15) is 10.5 Å². The Kier molecular flexibility index (Phi) is 2.76. The Morgan fingerprint density at radius 2 is 1.89 bits per heavy atom. The Bertz CT molecular complexity index is 746. The molecular weight excluding hydrogens is 238 g/mol. The average Bonchev–Trinajstić information content (AvgIpc) is 2.85. The number of carbonyl (C=O) groups excluding carboxylic acids is 1. The zero-order valence-electron chi connectivity index (χ0n) is 10.5. The largest absolute Gasteiger partial charge is 0.321 e. The van der Waals surface area contributed by atoms with Gasteiger partial charge in [-0.1, -0.05) is 30.3 Å². The number of carbonyl (C=O) groups is 1. The van der Waals surface area contributed by atoms with Gasteiger partial charge in [0.25, 0.3) is 5.91 Å². The highest BCUT2D eigenvalue weighted by atomic mass is 16.2. The Hall–Kier alpha value is -2.62. The monoisotopic (exact) mass is 251 g/mol. The summed E-state index contributed by atoms with van der Waals surface area (Å²) in [6, 6.07) is 15.6. The summed E-state index contributed by atoms with van der Waals surface area (Å²) in [5, 5.41) is 9.12. The van der Waals surface area contributed by atoms with Crippen LogP contribution in [0.2, 0.25) is 0 Å². The van der Waals surface area contributed by atoms with E-state index in [9.17, 15) is 4.79 Å². The highest BCUT2D eigenvalue weighted by Crippen LogP contribution is 2.19. The molecule has 19 heavy (non-hydrogen) atoms. The molecule has 2 aromatic carbocycles. The molecule has 0 fully saturated rings. The Morgan fingerprint density at radius 3 is 2.63 bits per heavy atom. The number of hydrogen-bond acceptors (Lipinski definition) is 2. The molecule has 4 nitrogen and oxygen atoms in total. The molecule has 0 saturated carbocycles. The summed E-state index contributed by atoms with van der Waals surface area (Å²) >= 11 is 0. The average molecular weight is 251 g/mol. The lowest BCUT2D eigenvalue weighted by molar-refractivity contribution is 0.101. The van der Waals surface area contributed by atoms with E-state index in [0.717, 1.165) is 16.5 Å². The van der Waals surface area contributed by atoms with Gasteiger partial charge in [-0.05, 0) is 29.0 Å². The maximum Gasteiger partial charge on any atom is 0.273 e. The molecule has 0 aliphatic rings. The summed E-state index contributed by atoms with van der Waals surface area (Å²) in [5.74, 6) is -0.157. The first-order valence-corrected chi connectivity index (χ1v) is 6.02. The third-order valence-corrected chi connectivity index (χ3v) is 3.06. The molecule has 0 atom stereocenters. The van der Waals surface area contributed by atoms with E-state index < -0.39 is 0 Å². The number of anilines is 1. The fraction of sp³-hybridized carbons (Fsp3) is 0.0667. The second kappa shape index (κ2) is 4.57. The summed E-state index contributed by atoms with van der Waals surface area (Å²) < 4.78 is 1.55. The van der Waals surface area contributed by atoms with Crippen LogP contribution in [0.3, 0.4) is 0 Å². The van der Waals surface area contributed by atoms with Crippen molar-refractivity contribution in [1.82, 2.24) is 9.78 Å². The van der Waals surface area contributed by atoms with Gasteiger partial charge in [-0.3, -0.25) is 9.48 Å². The molecule has 3 rings (SSSR count). The standard InChI is InChI=1S/C15H13N3O/c1-18-14(8-9-16-18)15(19)17-13-7-6-11-4-2-3-5-12(11)10-13/h2-10H,1H3,(H,17,19). The first-order chi connectivity index (χ1) is 9.24. The van der Waals surface area contributed by atoms with Crippen LogP contribution in [0.4, 0.5) is 5.69 Å². The van der Waals surface area contributed by atoms with Gasteiger partial charge in [0.1, 0.15) is 5.69 Å². The molecule has 0 aliphatic heterocycles. The summed E-state index contributed by atoms with van der Waals surface area (Å²) in [5.41, 5.74) is 1.32. The second-order valence-electron chi connectivity index (χ2n) is 4.36. The smallest absolute Gasteiger partial charge is 0.273 e. The molecule has 0 unspecified atom stereocenters. The fourth-order valence-corrected chi connectivity index (χ4v) is 2.06. The normalized spacial score (nSPS) is 10.6. The topological polar surface area (TPSA) is 46.9 Å². The van der Waals surface area contributed by atoms with Crippen LogP contribution in [0, 0.1) is 0 Å². The highest BCUT2D eigenvalue weighted by molar-refractivity contribution is 6.04. The molecule has 0 bridgehead atoms. The van der Waals surface area contributed by atoms with Crippen molar-refractivity contribution in [2.45, 2.75) is 0 Å². The van der Waals surface area contributed by atoms with Crippen LogP contribution in [0.5, 0.6) is 0 Å². The van der Waals surface area contributed by atoms with Crippen LogP contribution in [-0.2, 0) is 7.05 Å².